The fourth-order valence-corrected chi connectivity index (χ4v) is 1.47. The van der Waals surface area contributed by atoms with Crippen LogP contribution in [0, 0.1) is 27.4 Å². The third-order valence-electron chi connectivity index (χ3n) is 3.29. The molecule has 1 unspecified atom stereocenters. The van der Waals surface area contributed by atoms with E-state index < -0.39 is 10.5 Å². The van der Waals surface area contributed by atoms with Gasteiger partial charge in [0.2, 0.25) is 5.69 Å². The third-order valence-corrected chi connectivity index (χ3v) is 3.29. The molecule has 0 saturated heterocycles. The Morgan fingerprint density at radius 3 is 2.68 bits per heavy atom. The van der Waals surface area contributed by atoms with Crippen LogP contribution in [0.25, 0.3) is 0 Å². The first-order chi connectivity index (χ1) is 8.84. The highest BCUT2D eigenvalue weighted by Gasteiger charge is 2.27. The van der Waals surface area contributed by atoms with Crippen LogP contribution in [0.1, 0.15) is 26.5 Å². The van der Waals surface area contributed by atoms with Crippen molar-refractivity contribution in [3.8, 4) is 6.07 Å². The van der Waals surface area contributed by atoms with E-state index in [0.29, 0.717) is 12.4 Å². The third kappa shape index (κ3) is 3.17. The normalized spacial score (nSPS) is 13.7. The summed E-state index contributed by atoms with van der Waals surface area (Å²) in [6.45, 7) is 6.34. The lowest BCUT2D eigenvalue weighted by Crippen LogP contribution is -2.47. The van der Waals surface area contributed by atoms with Gasteiger partial charge < -0.3 is 11.1 Å². The molecule has 1 aromatic heterocycles. The van der Waals surface area contributed by atoms with Crippen LogP contribution in [0.5, 0.6) is 0 Å². The first kappa shape index (κ1) is 14.9. The Morgan fingerprint density at radius 2 is 2.26 bits per heavy atom. The first-order valence-corrected chi connectivity index (χ1v) is 5.88. The second-order valence-corrected chi connectivity index (χ2v) is 4.83. The predicted octanol–water partition coefficient (Wildman–Crippen LogP) is 1.65. The molecule has 1 rings (SSSR count). The lowest BCUT2D eigenvalue weighted by molar-refractivity contribution is -0.385. The van der Waals surface area contributed by atoms with Crippen LogP contribution < -0.4 is 11.1 Å². The fourth-order valence-electron chi connectivity index (χ4n) is 1.47. The summed E-state index contributed by atoms with van der Waals surface area (Å²) in [6, 6.07) is 4.48. The Bertz CT molecular complexity index is 523. The molecule has 102 valence electrons. The van der Waals surface area contributed by atoms with E-state index in [2.05, 4.69) is 10.3 Å². The van der Waals surface area contributed by atoms with Gasteiger partial charge in [0.25, 0.3) is 0 Å². The molecule has 7 nitrogen and oxygen atoms in total. The second kappa shape index (κ2) is 5.63. The number of nitrogens with one attached hydrogen (secondary N) is 1. The molecule has 0 aliphatic rings. The maximum Gasteiger partial charge on any atom is 0.305 e. The molecule has 0 amide bonds. The van der Waals surface area contributed by atoms with Crippen LogP contribution in [0.2, 0.25) is 0 Å². The SMILES string of the molecule is CC(C)C(C)(CN)Nc1ccc([N+](=O)[O-])c(C#N)n1. The number of nitro groups is 1. The molecule has 7 heteroatoms. The van der Waals surface area contributed by atoms with Gasteiger partial charge in [0.1, 0.15) is 11.9 Å². The average Bonchev–Trinajstić information content (AvgIpc) is 2.37. The van der Waals surface area contributed by atoms with Crippen LogP contribution in [-0.2, 0) is 0 Å². The van der Waals surface area contributed by atoms with Gasteiger partial charge in [0.15, 0.2) is 0 Å². The monoisotopic (exact) mass is 263 g/mol. The van der Waals surface area contributed by atoms with Crippen molar-refractivity contribution in [1.29, 1.82) is 5.26 Å². The minimum atomic E-state index is -0.625. The molecule has 0 aromatic carbocycles. The molecule has 3 N–H and O–H groups in total. The van der Waals surface area contributed by atoms with Crippen molar-refractivity contribution in [3.05, 3.63) is 27.9 Å². The zero-order chi connectivity index (χ0) is 14.6. The van der Waals surface area contributed by atoms with Crippen LogP contribution in [0.15, 0.2) is 12.1 Å². The molecule has 1 aromatic rings. The molecule has 1 heterocycles. The van der Waals surface area contributed by atoms with Crippen LogP contribution in [0.4, 0.5) is 11.5 Å². The van der Waals surface area contributed by atoms with Gasteiger partial charge in [-0.15, -0.1) is 0 Å². The summed E-state index contributed by atoms with van der Waals surface area (Å²) in [5, 5.41) is 22.7. The molecule has 19 heavy (non-hydrogen) atoms. The highest BCUT2D eigenvalue weighted by molar-refractivity contribution is 5.51. The zero-order valence-corrected chi connectivity index (χ0v) is 11.2. The van der Waals surface area contributed by atoms with Gasteiger partial charge in [0, 0.05) is 12.6 Å². The van der Waals surface area contributed by atoms with E-state index in [4.69, 9.17) is 11.0 Å². The van der Waals surface area contributed by atoms with E-state index in [0.717, 1.165) is 0 Å². The summed E-state index contributed by atoms with van der Waals surface area (Å²) in [7, 11) is 0. The number of aromatic nitrogens is 1. The van der Waals surface area contributed by atoms with Crippen molar-refractivity contribution in [1.82, 2.24) is 4.98 Å². The van der Waals surface area contributed by atoms with Crippen molar-refractivity contribution >= 4 is 11.5 Å². The van der Waals surface area contributed by atoms with Crippen molar-refractivity contribution in [2.75, 3.05) is 11.9 Å². The smallest absolute Gasteiger partial charge is 0.305 e. The lowest BCUT2D eigenvalue weighted by Gasteiger charge is -2.34. The number of nitriles is 1. The van der Waals surface area contributed by atoms with Crippen LogP contribution >= 0.6 is 0 Å². The topological polar surface area (TPSA) is 118 Å². The quantitative estimate of drug-likeness (QED) is 0.616. The second-order valence-electron chi connectivity index (χ2n) is 4.83. The van der Waals surface area contributed by atoms with E-state index in [1.165, 1.54) is 12.1 Å². The molecule has 0 bridgehead atoms. The highest BCUT2D eigenvalue weighted by atomic mass is 16.6. The molecular weight excluding hydrogens is 246 g/mol. The van der Waals surface area contributed by atoms with Crippen molar-refractivity contribution in [2.45, 2.75) is 26.3 Å². The summed E-state index contributed by atoms with van der Waals surface area (Å²) in [5.41, 5.74) is 4.84. The minimum Gasteiger partial charge on any atom is -0.363 e. The van der Waals surface area contributed by atoms with Gasteiger partial charge in [-0.05, 0) is 18.9 Å². The largest absolute Gasteiger partial charge is 0.363 e. The number of anilines is 1. The molecule has 1 atom stereocenters. The Kier molecular flexibility index (Phi) is 4.40. The Balaban J connectivity index is 3.11. The van der Waals surface area contributed by atoms with Crippen molar-refractivity contribution in [3.63, 3.8) is 0 Å². The molecule has 0 aliphatic heterocycles. The molecule has 0 fully saturated rings. The zero-order valence-electron chi connectivity index (χ0n) is 11.2. The summed E-state index contributed by atoms with van der Waals surface area (Å²) >= 11 is 0. The Hall–Kier alpha value is -2.20. The maximum absolute atomic E-state index is 10.7. The average molecular weight is 263 g/mol. The summed E-state index contributed by atoms with van der Waals surface area (Å²) in [6.07, 6.45) is 0. The van der Waals surface area contributed by atoms with Crippen LogP contribution in [0.3, 0.4) is 0 Å². The summed E-state index contributed by atoms with van der Waals surface area (Å²) in [4.78, 5) is 14.0. The van der Waals surface area contributed by atoms with Crippen LogP contribution in [-0.4, -0.2) is 22.0 Å². The minimum absolute atomic E-state index is 0.210. The maximum atomic E-state index is 10.7. The fraction of sp³-hybridized carbons (Fsp3) is 0.500. The van der Waals surface area contributed by atoms with Gasteiger partial charge in [-0.2, -0.15) is 5.26 Å². The van der Waals surface area contributed by atoms with E-state index in [-0.39, 0.29) is 17.3 Å². The molecule has 0 spiro atoms. The highest BCUT2D eigenvalue weighted by Crippen LogP contribution is 2.23. The molecule has 0 radical (unpaired) electrons. The predicted molar refractivity (Wildman–Crippen MR) is 71.5 cm³/mol. The van der Waals surface area contributed by atoms with E-state index in [1.54, 1.807) is 6.07 Å². The van der Waals surface area contributed by atoms with E-state index >= 15 is 0 Å². The first-order valence-electron chi connectivity index (χ1n) is 5.88. The van der Waals surface area contributed by atoms with Crippen molar-refractivity contribution in [2.24, 2.45) is 11.7 Å². The number of hydrogen-bond donors (Lipinski definition) is 2. The van der Waals surface area contributed by atoms with Gasteiger partial charge >= 0.3 is 5.69 Å². The molecule has 0 saturated carbocycles. The van der Waals surface area contributed by atoms with Gasteiger partial charge in [-0.3, -0.25) is 10.1 Å². The number of nitrogens with zero attached hydrogens (tertiary/aromatic N) is 3. The standard InChI is InChI=1S/C12H17N5O2/c1-8(2)12(3,7-14)16-11-5-4-10(17(18)19)9(6-13)15-11/h4-5,8H,7,14H2,1-3H3,(H,15,16). The summed E-state index contributed by atoms with van der Waals surface area (Å²) in [5.74, 6) is 0.642. The van der Waals surface area contributed by atoms with Crippen molar-refractivity contribution < 1.29 is 4.92 Å². The Morgan fingerprint density at radius 1 is 1.63 bits per heavy atom. The number of nitrogens with two attached hydrogens (primary N) is 1. The number of pyridine rings is 1. The van der Waals surface area contributed by atoms with Gasteiger partial charge in [-0.25, -0.2) is 4.98 Å². The Labute approximate surface area is 111 Å². The number of hydrogen-bond acceptors (Lipinski definition) is 6. The molecule has 0 aliphatic carbocycles. The van der Waals surface area contributed by atoms with Gasteiger partial charge in [0.05, 0.1) is 10.5 Å². The lowest BCUT2D eigenvalue weighted by atomic mass is 9.88. The number of rotatable bonds is 5. The molecular formula is C12H17N5O2. The van der Waals surface area contributed by atoms with Gasteiger partial charge in [-0.1, -0.05) is 13.8 Å². The summed E-state index contributed by atoms with van der Waals surface area (Å²) < 4.78 is 0. The van der Waals surface area contributed by atoms with E-state index in [9.17, 15) is 10.1 Å². The van der Waals surface area contributed by atoms with E-state index in [1.807, 2.05) is 20.8 Å².